The lowest BCUT2D eigenvalue weighted by Crippen LogP contribution is -2.16. The molecule has 1 saturated carbocycles. The largest absolute Gasteiger partial charge is 0.393 e. The number of hydrogen-bond donors (Lipinski definition) is 1. The second-order valence-corrected chi connectivity index (χ2v) is 6.55. The van der Waals surface area contributed by atoms with Crippen LogP contribution in [-0.4, -0.2) is 19.5 Å². The lowest BCUT2D eigenvalue weighted by molar-refractivity contribution is 0.417. The molecule has 2 heterocycles. The molecule has 1 aliphatic rings. The molecule has 0 unspecified atom stereocenters. The Bertz CT molecular complexity index is 656. The first-order valence-electron chi connectivity index (χ1n) is 7.76. The van der Waals surface area contributed by atoms with Gasteiger partial charge in [-0.25, -0.2) is 9.97 Å². The van der Waals surface area contributed by atoms with E-state index in [0.29, 0.717) is 17.3 Å². The average Bonchev–Trinajstić information content (AvgIpc) is 2.83. The standard InChI is InChI=1S/C16H22N4S/c1-11-9-13-16(18-10-11)20(8-7-14(17)21)15(19-13)12-5-3-2-4-6-12/h9-10,12H,2-8H2,1H3,(H2,17,21). The first-order valence-corrected chi connectivity index (χ1v) is 8.17. The van der Waals surface area contributed by atoms with Gasteiger partial charge in [-0.1, -0.05) is 31.5 Å². The van der Waals surface area contributed by atoms with Crippen molar-refractivity contribution in [1.82, 2.24) is 14.5 Å². The van der Waals surface area contributed by atoms with Gasteiger partial charge in [-0.15, -0.1) is 0 Å². The number of pyridine rings is 1. The molecule has 2 aromatic rings. The van der Waals surface area contributed by atoms with Gasteiger partial charge < -0.3 is 10.3 Å². The highest BCUT2D eigenvalue weighted by atomic mass is 32.1. The molecule has 21 heavy (non-hydrogen) atoms. The van der Waals surface area contributed by atoms with Crippen LogP contribution in [-0.2, 0) is 6.54 Å². The zero-order valence-corrected chi connectivity index (χ0v) is 13.3. The van der Waals surface area contributed by atoms with Crippen LogP contribution in [0.15, 0.2) is 12.3 Å². The molecule has 0 atom stereocenters. The monoisotopic (exact) mass is 302 g/mol. The quantitative estimate of drug-likeness (QED) is 0.879. The fourth-order valence-electron chi connectivity index (χ4n) is 3.24. The number of aryl methyl sites for hydroxylation is 2. The fourth-order valence-corrected chi connectivity index (χ4v) is 3.34. The minimum atomic E-state index is 0.554. The Morgan fingerprint density at radius 1 is 1.38 bits per heavy atom. The minimum Gasteiger partial charge on any atom is -0.393 e. The summed E-state index contributed by atoms with van der Waals surface area (Å²) in [4.78, 5) is 10.0. The summed E-state index contributed by atoms with van der Waals surface area (Å²) < 4.78 is 2.24. The van der Waals surface area contributed by atoms with Gasteiger partial charge in [-0.3, -0.25) is 0 Å². The molecule has 5 heteroatoms. The van der Waals surface area contributed by atoms with Crippen molar-refractivity contribution in [2.24, 2.45) is 5.73 Å². The second-order valence-electron chi connectivity index (χ2n) is 6.03. The molecule has 0 aromatic carbocycles. The van der Waals surface area contributed by atoms with Gasteiger partial charge in [0.25, 0.3) is 0 Å². The van der Waals surface area contributed by atoms with Crippen LogP contribution < -0.4 is 5.73 Å². The molecule has 2 N–H and O–H groups in total. The third kappa shape index (κ3) is 3.07. The molecule has 4 nitrogen and oxygen atoms in total. The molecule has 112 valence electrons. The number of nitrogens with two attached hydrogens (primary N) is 1. The van der Waals surface area contributed by atoms with E-state index >= 15 is 0 Å². The topological polar surface area (TPSA) is 56.7 Å². The number of rotatable bonds is 4. The SMILES string of the molecule is Cc1cnc2c(c1)nc(C1CCCCC1)n2CCC(N)=S. The normalized spacial score (nSPS) is 16.4. The minimum absolute atomic E-state index is 0.554. The lowest BCUT2D eigenvalue weighted by Gasteiger charge is -2.22. The maximum Gasteiger partial charge on any atom is 0.160 e. The van der Waals surface area contributed by atoms with Crippen molar-refractivity contribution in [1.29, 1.82) is 0 Å². The summed E-state index contributed by atoms with van der Waals surface area (Å²) in [5.74, 6) is 1.73. The number of imidazole rings is 1. The van der Waals surface area contributed by atoms with Crippen LogP contribution in [0.5, 0.6) is 0 Å². The highest BCUT2D eigenvalue weighted by molar-refractivity contribution is 7.80. The molecule has 1 fully saturated rings. The predicted octanol–water partition coefficient (Wildman–Crippen LogP) is 3.46. The Morgan fingerprint density at radius 3 is 2.86 bits per heavy atom. The van der Waals surface area contributed by atoms with Crippen LogP contribution in [0.2, 0.25) is 0 Å². The van der Waals surface area contributed by atoms with Crippen LogP contribution in [0.25, 0.3) is 11.2 Å². The van der Waals surface area contributed by atoms with Gasteiger partial charge in [-0.2, -0.15) is 0 Å². The molecule has 0 bridgehead atoms. The van der Waals surface area contributed by atoms with Gasteiger partial charge in [0.15, 0.2) is 5.65 Å². The molecular formula is C16H22N4S. The molecule has 0 radical (unpaired) electrons. The highest BCUT2D eigenvalue weighted by Crippen LogP contribution is 2.33. The number of fused-ring (bicyclic) bond motifs is 1. The first kappa shape index (κ1) is 14.4. The number of hydrogen-bond acceptors (Lipinski definition) is 3. The van der Waals surface area contributed by atoms with Gasteiger partial charge in [0.05, 0.1) is 4.99 Å². The molecule has 0 saturated heterocycles. The number of aromatic nitrogens is 3. The van der Waals surface area contributed by atoms with E-state index < -0.39 is 0 Å². The van der Waals surface area contributed by atoms with E-state index in [1.54, 1.807) is 0 Å². The summed E-state index contributed by atoms with van der Waals surface area (Å²) in [6.07, 6.45) is 9.03. The van der Waals surface area contributed by atoms with E-state index in [0.717, 1.165) is 23.3 Å². The number of nitrogens with zero attached hydrogens (tertiary/aromatic N) is 3. The Balaban J connectivity index is 2.02. The zero-order chi connectivity index (χ0) is 14.8. The van der Waals surface area contributed by atoms with Gasteiger partial charge in [0.2, 0.25) is 0 Å². The van der Waals surface area contributed by atoms with Crippen molar-refractivity contribution in [3.8, 4) is 0 Å². The van der Waals surface area contributed by atoms with Crippen LogP contribution in [0, 0.1) is 6.92 Å². The summed E-state index contributed by atoms with van der Waals surface area (Å²) in [5, 5.41) is 0. The fraction of sp³-hybridized carbons (Fsp3) is 0.562. The van der Waals surface area contributed by atoms with E-state index in [1.165, 1.54) is 37.9 Å². The van der Waals surface area contributed by atoms with Gasteiger partial charge >= 0.3 is 0 Å². The molecule has 0 spiro atoms. The Kier molecular flexibility index (Phi) is 4.19. The summed E-state index contributed by atoms with van der Waals surface area (Å²) >= 11 is 5.04. The van der Waals surface area contributed by atoms with Crippen LogP contribution in [0.4, 0.5) is 0 Å². The predicted molar refractivity (Wildman–Crippen MR) is 89.5 cm³/mol. The van der Waals surface area contributed by atoms with Crippen LogP contribution >= 0.6 is 12.2 Å². The second kappa shape index (κ2) is 6.10. The van der Waals surface area contributed by atoms with E-state index in [4.69, 9.17) is 22.9 Å². The summed E-state index contributed by atoms with van der Waals surface area (Å²) in [7, 11) is 0. The summed E-state index contributed by atoms with van der Waals surface area (Å²) in [5.41, 5.74) is 8.80. The van der Waals surface area contributed by atoms with Crippen molar-refractivity contribution < 1.29 is 0 Å². The van der Waals surface area contributed by atoms with E-state index in [1.807, 2.05) is 6.20 Å². The Hall–Kier alpha value is -1.49. The number of thiocarbonyl (C=S) groups is 1. The van der Waals surface area contributed by atoms with Crippen molar-refractivity contribution >= 4 is 28.4 Å². The van der Waals surface area contributed by atoms with Crippen molar-refractivity contribution in [2.75, 3.05) is 0 Å². The molecule has 3 rings (SSSR count). The van der Waals surface area contributed by atoms with Crippen molar-refractivity contribution in [3.05, 3.63) is 23.7 Å². The third-order valence-electron chi connectivity index (χ3n) is 4.30. The zero-order valence-electron chi connectivity index (χ0n) is 12.5. The first-order chi connectivity index (χ1) is 10.1. The Labute approximate surface area is 130 Å². The lowest BCUT2D eigenvalue weighted by atomic mass is 9.88. The van der Waals surface area contributed by atoms with Crippen LogP contribution in [0.1, 0.15) is 55.8 Å². The third-order valence-corrected chi connectivity index (χ3v) is 4.51. The van der Waals surface area contributed by atoms with Crippen molar-refractivity contribution in [2.45, 2.75) is 57.9 Å². The maximum atomic E-state index is 5.68. The molecular weight excluding hydrogens is 280 g/mol. The summed E-state index contributed by atoms with van der Waals surface area (Å²) in [6.45, 7) is 2.84. The molecule has 2 aromatic heterocycles. The molecule has 1 aliphatic carbocycles. The molecule has 0 aliphatic heterocycles. The molecule has 0 amide bonds. The van der Waals surface area contributed by atoms with Crippen molar-refractivity contribution in [3.63, 3.8) is 0 Å². The van der Waals surface area contributed by atoms with Gasteiger partial charge in [-0.05, 0) is 31.4 Å². The van der Waals surface area contributed by atoms with E-state index in [2.05, 4.69) is 22.5 Å². The van der Waals surface area contributed by atoms with Gasteiger partial charge in [0, 0.05) is 25.1 Å². The average molecular weight is 302 g/mol. The van der Waals surface area contributed by atoms with E-state index in [-0.39, 0.29) is 0 Å². The van der Waals surface area contributed by atoms with E-state index in [9.17, 15) is 0 Å². The highest BCUT2D eigenvalue weighted by Gasteiger charge is 2.22. The Morgan fingerprint density at radius 2 is 2.14 bits per heavy atom. The smallest absolute Gasteiger partial charge is 0.160 e. The summed E-state index contributed by atoms with van der Waals surface area (Å²) in [6, 6.07) is 2.12. The van der Waals surface area contributed by atoms with Crippen LogP contribution in [0.3, 0.4) is 0 Å². The maximum absolute atomic E-state index is 5.68. The van der Waals surface area contributed by atoms with Gasteiger partial charge in [0.1, 0.15) is 11.3 Å².